The highest BCUT2D eigenvalue weighted by Gasteiger charge is 2.00. The third-order valence-electron chi connectivity index (χ3n) is 2.63. The van der Waals surface area contributed by atoms with Crippen LogP contribution in [0.3, 0.4) is 0 Å². The molecule has 0 radical (unpaired) electrons. The molecule has 0 saturated carbocycles. The zero-order chi connectivity index (χ0) is 13.5. The number of aryl methyl sites for hydroxylation is 2. The first-order chi connectivity index (χ1) is 9.24. The molecule has 0 aliphatic rings. The number of benzene rings is 1. The van der Waals surface area contributed by atoms with E-state index in [4.69, 9.17) is 4.42 Å². The van der Waals surface area contributed by atoms with Crippen LogP contribution in [0.15, 0.2) is 52.0 Å². The van der Waals surface area contributed by atoms with E-state index < -0.39 is 0 Å². The molecule has 1 amide bonds. The van der Waals surface area contributed by atoms with Crippen molar-refractivity contribution in [2.24, 2.45) is 5.10 Å². The fourth-order valence-electron chi connectivity index (χ4n) is 1.65. The molecule has 98 valence electrons. The number of hydrogen-bond donors (Lipinski definition) is 1. The van der Waals surface area contributed by atoms with Crippen LogP contribution in [-0.2, 0) is 11.2 Å². The normalized spacial score (nSPS) is 10.8. The van der Waals surface area contributed by atoms with Crippen molar-refractivity contribution < 1.29 is 9.21 Å². The number of carbonyl (C=O) groups is 1. The summed E-state index contributed by atoms with van der Waals surface area (Å²) >= 11 is 0. The number of furan rings is 1. The molecule has 1 aromatic carbocycles. The van der Waals surface area contributed by atoms with Crippen LogP contribution in [0.1, 0.15) is 23.5 Å². The lowest BCUT2D eigenvalue weighted by Gasteiger charge is -2.00. The van der Waals surface area contributed by atoms with Gasteiger partial charge in [-0.25, -0.2) is 5.43 Å². The molecule has 0 bridgehead atoms. The maximum atomic E-state index is 11.6. The van der Waals surface area contributed by atoms with Crippen molar-refractivity contribution >= 4 is 12.1 Å². The molecular weight excluding hydrogens is 240 g/mol. The molecule has 0 spiro atoms. The number of carbonyl (C=O) groups excluding carboxylic acids is 1. The Hall–Kier alpha value is -2.36. The smallest absolute Gasteiger partial charge is 0.240 e. The lowest BCUT2D eigenvalue weighted by atomic mass is 10.1. The van der Waals surface area contributed by atoms with Crippen LogP contribution in [0.2, 0.25) is 0 Å². The Kier molecular flexibility index (Phi) is 4.50. The van der Waals surface area contributed by atoms with E-state index in [-0.39, 0.29) is 5.91 Å². The second-order valence-electron chi connectivity index (χ2n) is 4.23. The van der Waals surface area contributed by atoms with E-state index in [1.807, 2.05) is 43.3 Å². The summed E-state index contributed by atoms with van der Waals surface area (Å²) in [4.78, 5) is 11.6. The zero-order valence-corrected chi connectivity index (χ0v) is 10.8. The van der Waals surface area contributed by atoms with Gasteiger partial charge in [0.05, 0.1) is 6.21 Å². The summed E-state index contributed by atoms with van der Waals surface area (Å²) in [6.45, 7) is 1.86. The highest BCUT2D eigenvalue weighted by Crippen LogP contribution is 2.03. The van der Waals surface area contributed by atoms with Crippen molar-refractivity contribution in [2.75, 3.05) is 0 Å². The minimum absolute atomic E-state index is 0.108. The summed E-state index contributed by atoms with van der Waals surface area (Å²) in [6.07, 6.45) is 2.62. The molecule has 19 heavy (non-hydrogen) atoms. The lowest BCUT2D eigenvalue weighted by Crippen LogP contribution is -2.17. The number of rotatable bonds is 5. The fraction of sp³-hybridized carbons (Fsp3) is 0.200. The highest BCUT2D eigenvalue weighted by molar-refractivity contribution is 5.80. The van der Waals surface area contributed by atoms with Gasteiger partial charge in [-0.3, -0.25) is 4.79 Å². The van der Waals surface area contributed by atoms with Gasteiger partial charge in [0.25, 0.3) is 0 Å². The minimum Gasteiger partial charge on any atom is -0.460 e. The fourth-order valence-corrected chi connectivity index (χ4v) is 1.65. The maximum absolute atomic E-state index is 11.6. The SMILES string of the molecule is Cc1ccc(/C=N\NC(=O)CCc2ccccc2)o1. The van der Waals surface area contributed by atoms with Gasteiger partial charge in [-0.1, -0.05) is 30.3 Å². The quantitative estimate of drug-likeness (QED) is 0.660. The van der Waals surface area contributed by atoms with Gasteiger partial charge in [0.2, 0.25) is 5.91 Å². The summed E-state index contributed by atoms with van der Waals surface area (Å²) < 4.78 is 5.29. The molecule has 0 aliphatic carbocycles. The van der Waals surface area contributed by atoms with Gasteiger partial charge in [0, 0.05) is 6.42 Å². The molecule has 1 heterocycles. The monoisotopic (exact) mass is 256 g/mol. The van der Waals surface area contributed by atoms with Crippen LogP contribution in [0, 0.1) is 6.92 Å². The Morgan fingerprint density at radius 1 is 1.26 bits per heavy atom. The Balaban J connectivity index is 1.74. The summed E-state index contributed by atoms with van der Waals surface area (Å²) in [5.41, 5.74) is 3.62. The summed E-state index contributed by atoms with van der Waals surface area (Å²) in [7, 11) is 0. The number of hydrazone groups is 1. The predicted octanol–water partition coefficient (Wildman–Crippen LogP) is 2.67. The van der Waals surface area contributed by atoms with Gasteiger partial charge in [0.1, 0.15) is 11.5 Å². The average molecular weight is 256 g/mol. The van der Waals surface area contributed by atoms with Gasteiger partial charge in [-0.2, -0.15) is 5.10 Å². The Labute approximate surface area is 112 Å². The van der Waals surface area contributed by atoms with Crippen molar-refractivity contribution in [1.29, 1.82) is 0 Å². The van der Waals surface area contributed by atoms with Gasteiger partial charge >= 0.3 is 0 Å². The summed E-state index contributed by atoms with van der Waals surface area (Å²) in [5, 5.41) is 3.85. The van der Waals surface area contributed by atoms with Crippen LogP contribution < -0.4 is 5.43 Å². The topological polar surface area (TPSA) is 54.6 Å². The van der Waals surface area contributed by atoms with Crippen LogP contribution in [0.4, 0.5) is 0 Å². The Morgan fingerprint density at radius 3 is 2.74 bits per heavy atom. The van der Waals surface area contributed by atoms with Crippen LogP contribution in [-0.4, -0.2) is 12.1 Å². The highest BCUT2D eigenvalue weighted by atomic mass is 16.3. The third-order valence-corrected chi connectivity index (χ3v) is 2.63. The summed E-state index contributed by atoms with van der Waals surface area (Å²) in [6, 6.07) is 13.5. The molecule has 0 aliphatic heterocycles. The molecule has 2 aromatic rings. The van der Waals surface area contributed by atoms with Crippen LogP contribution in [0.5, 0.6) is 0 Å². The molecule has 4 nitrogen and oxygen atoms in total. The van der Waals surface area contributed by atoms with Gasteiger partial charge in [-0.05, 0) is 31.0 Å². The molecular formula is C15H16N2O2. The van der Waals surface area contributed by atoms with E-state index in [0.717, 1.165) is 11.3 Å². The lowest BCUT2D eigenvalue weighted by molar-refractivity contribution is -0.121. The standard InChI is InChI=1S/C15H16N2O2/c1-12-7-9-14(19-12)11-16-17-15(18)10-8-13-5-3-2-4-6-13/h2-7,9,11H,8,10H2,1H3,(H,17,18)/b16-11-. The zero-order valence-electron chi connectivity index (χ0n) is 10.8. The first-order valence-electron chi connectivity index (χ1n) is 6.16. The molecule has 0 saturated heterocycles. The number of nitrogens with one attached hydrogen (secondary N) is 1. The molecule has 4 heteroatoms. The first kappa shape index (κ1) is 13.1. The second kappa shape index (κ2) is 6.54. The first-order valence-corrected chi connectivity index (χ1v) is 6.16. The predicted molar refractivity (Wildman–Crippen MR) is 73.9 cm³/mol. The van der Waals surface area contributed by atoms with Crippen molar-refractivity contribution in [2.45, 2.75) is 19.8 Å². The molecule has 1 aromatic heterocycles. The Bertz CT molecular complexity index is 559. The van der Waals surface area contributed by atoms with Crippen molar-refractivity contribution in [1.82, 2.24) is 5.43 Å². The number of hydrogen-bond acceptors (Lipinski definition) is 3. The molecule has 0 atom stereocenters. The van der Waals surface area contributed by atoms with Gasteiger partial charge < -0.3 is 4.42 Å². The largest absolute Gasteiger partial charge is 0.460 e. The number of amides is 1. The van der Waals surface area contributed by atoms with Gasteiger partial charge in [-0.15, -0.1) is 0 Å². The van der Waals surface area contributed by atoms with E-state index in [0.29, 0.717) is 18.6 Å². The minimum atomic E-state index is -0.108. The Morgan fingerprint density at radius 2 is 2.05 bits per heavy atom. The molecule has 0 unspecified atom stereocenters. The molecule has 1 N–H and O–H groups in total. The second-order valence-corrected chi connectivity index (χ2v) is 4.23. The van der Waals surface area contributed by atoms with E-state index >= 15 is 0 Å². The van der Waals surface area contributed by atoms with Crippen molar-refractivity contribution in [3.05, 3.63) is 59.5 Å². The third kappa shape index (κ3) is 4.43. The molecule has 0 fully saturated rings. The van der Waals surface area contributed by atoms with Crippen molar-refractivity contribution in [3.8, 4) is 0 Å². The number of nitrogens with zero attached hydrogens (tertiary/aromatic N) is 1. The van der Waals surface area contributed by atoms with Crippen LogP contribution in [0.25, 0.3) is 0 Å². The van der Waals surface area contributed by atoms with E-state index in [2.05, 4.69) is 10.5 Å². The summed E-state index contributed by atoms with van der Waals surface area (Å²) in [5.74, 6) is 1.33. The van der Waals surface area contributed by atoms with E-state index in [1.54, 1.807) is 6.07 Å². The molecule has 2 rings (SSSR count). The van der Waals surface area contributed by atoms with Crippen molar-refractivity contribution in [3.63, 3.8) is 0 Å². The average Bonchev–Trinajstić information content (AvgIpc) is 2.83. The van der Waals surface area contributed by atoms with Crippen LogP contribution >= 0.6 is 0 Å². The van der Waals surface area contributed by atoms with E-state index in [9.17, 15) is 4.79 Å². The van der Waals surface area contributed by atoms with Gasteiger partial charge in [0.15, 0.2) is 0 Å². The van der Waals surface area contributed by atoms with E-state index in [1.165, 1.54) is 6.21 Å². The maximum Gasteiger partial charge on any atom is 0.240 e.